The summed E-state index contributed by atoms with van der Waals surface area (Å²) in [7, 11) is 1.55. The minimum Gasteiger partial charge on any atom is -0.355 e. The summed E-state index contributed by atoms with van der Waals surface area (Å²) in [5.74, 6) is 0.141. The lowest BCUT2D eigenvalue weighted by Gasteiger charge is -2.05. The fraction of sp³-hybridized carbons (Fsp3) is 0.286. The average molecular weight is 287 g/mol. The molecule has 0 unspecified atom stereocenters. The molecule has 0 atom stereocenters. The average Bonchev–Trinajstić information content (AvgIpc) is 2.96. The zero-order valence-corrected chi connectivity index (χ0v) is 11.9. The van der Waals surface area contributed by atoms with E-state index in [1.165, 1.54) is 0 Å². The molecule has 21 heavy (non-hydrogen) atoms. The standard InChI is InChI=1S/C14H17N5O2/c1-3-5-11-17-12(19-18-11)14(21)16-10-7-4-6-9(8-10)13(20)15-2/h4,6-8H,3,5H2,1-2H3,(H,15,20)(H,16,21)(H,17,18,19). The van der Waals surface area contributed by atoms with Gasteiger partial charge in [0.1, 0.15) is 5.82 Å². The molecule has 0 saturated heterocycles. The van der Waals surface area contributed by atoms with Crippen LogP contribution in [-0.4, -0.2) is 34.0 Å². The topological polar surface area (TPSA) is 99.8 Å². The number of aromatic amines is 1. The number of hydrogen-bond acceptors (Lipinski definition) is 4. The van der Waals surface area contributed by atoms with Crippen molar-refractivity contribution in [1.29, 1.82) is 0 Å². The second-order valence-corrected chi connectivity index (χ2v) is 4.47. The largest absolute Gasteiger partial charge is 0.355 e. The first kappa shape index (κ1) is 14.7. The number of amides is 2. The molecular weight excluding hydrogens is 270 g/mol. The number of carbonyl (C=O) groups excluding carboxylic acids is 2. The van der Waals surface area contributed by atoms with E-state index in [0.717, 1.165) is 12.8 Å². The summed E-state index contributed by atoms with van der Waals surface area (Å²) < 4.78 is 0. The maximum atomic E-state index is 12.0. The fourth-order valence-corrected chi connectivity index (χ4v) is 1.81. The van der Waals surface area contributed by atoms with Gasteiger partial charge in [-0.05, 0) is 24.6 Å². The van der Waals surface area contributed by atoms with Crippen molar-refractivity contribution >= 4 is 17.5 Å². The van der Waals surface area contributed by atoms with E-state index in [1.807, 2.05) is 6.92 Å². The first-order chi connectivity index (χ1) is 10.1. The van der Waals surface area contributed by atoms with Crippen molar-refractivity contribution in [2.45, 2.75) is 19.8 Å². The number of benzene rings is 1. The lowest BCUT2D eigenvalue weighted by molar-refractivity contribution is 0.0961. The molecule has 110 valence electrons. The first-order valence-corrected chi connectivity index (χ1v) is 6.68. The quantitative estimate of drug-likeness (QED) is 0.773. The molecule has 0 saturated carbocycles. The summed E-state index contributed by atoms with van der Waals surface area (Å²) in [6.45, 7) is 2.02. The van der Waals surface area contributed by atoms with Crippen LogP contribution in [0.5, 0.6) is 0 Å². The highest BCUT2D eigenvalue weighted by atomic mass is 16.2. The summed E-state index contributed by atoms with van der Waals surface area (Å²) in [4.78, 5) is 27.7. The molecule has 0 radical (unpaired) electrons. The van der Waals surface area contributed by atoms with E-state index in [-0.39, 0.29) is 11.7 Å². The molecule has 1 aromatic carbocycles. The van der Waals surface area contributed by atoms with Crippen LogP contribution in [0.3, 0.4) is 0 Å². The van der Waals surface area contributed by atoms with E-state index in [4.69, 9.17) is 0 Å². The molecule has 7 nitrogen and oxygen atoms in total. The summed E-state index contributed by atoms with van der Waals surface area (Å²) in [5.41, 5.74) is 0.986. The van der Waals surface area contributed by atoms with Gasteiger partial charge in [-0.2, -0.15) is 0 Å². The van der Waals surface area contributed by atoms with Crippen molar-refractivity contribution < 1.29 is 9.59 Å². The van der Waals surface area contributed by atoms with Crippen LogP contribution < -0.4 is 10.6 Å². The van der Waals surface area contributed by atoms with E-state index < -0.39 is 5.91 Å². The van der Waals surface area contributed by atoms with Crippen molar-refractivity contribution in [1.82, 2.24) is 20.5 Å². The molecule has 1 aromatic heterocycles. The molecule has 0 spiro atoms. The molecule has 0 aliphatic heterocycles. The third-order valence-corrected chi connectivity index (χ3v) is 2.83. The fourth-order valence-electron chi connectivity index (χ4n) is 1.81. The smallest absolute Gasteiger partial charge is 0.295 e. The number of anilines is 1. The van der Waals surface area contributed by atoms with E-state index in [0.29, 0.717) is 17.1 Å². The van der Waals surface area contributed by atoms with Crippen LogP contribution in [0.15, 0.2) is 24.3 Å². The van der Waals surface area contributed by atoms with Gasteiger partial charge in [-0.1, -0.05) is 13.0 Å². The van der Waals surface area contributed by atoms with Gasteiger partial charge < -0.3 is 10.6 Å². The van der Waals surface area contributed by atoms with Crippen molar-refractivity contribution in [3.63, 3.8) is 0 Å². The summed E-state index contributed by atoms with van der Waals surface area (Å²) in [6, 6.07) is 6.65. The Morgan fingerprint density at radius 3 is 2.81 bits per heavy atom. The Hall–Kier alpha value is -2.70. The summed E-state index contributed by atoms with van der Waals surface area (Å²) in [6.07, 6.45) is 1.66. The third-order valence-electron chi connectivity index (χ3n) is 2.83. The third kappa shape index (κ3) is 3.65. The molecule has 1 heterocycles. The minimum absolute atomic E-state index is 0.0868. The van der Waals surface area contributed by atoms with E-state index >= 15 is 0 Å². The van der Waals surface area contributed by atoms with Crippen molar-refractivity contribution in [2.75, 3.05) is 12.4 Å². The molecule has 2 rings (SSSR count). The molecule has 2 aromatic rings. The summed E-state index contributed by atoms with van der Waals surface area (Å²) in [5, 5.41) is 11.8. The predicted molar refractivity (Wildman–Crippen MR) is 78.2 cm³/mol. The van der Waals surface area contributed by atoms with Gasteiger partial charge in [0, 0.05) is 24.7 Å². The zero-order valence-electron chi connectivity index (χ0n) is 11.9. The number of aryl methyl sites for hydroxylation is 1. The highest BCUT2D eigenvalue weighted by Gasteiger charge is 2.13. The zero-order chi connectivity index (χ0) is 15.2. The minimum atomic E-state index is -0.414. The Labute approximate surface area is 122 Å². The number of aromatic nitrogens is 3. The highest BCUT2D eigenvalue weighted by Crippen LogP contribution is 2.11. The van der Waals surface area contributed by atoms with Crippen LogP contribution in [0.1, 0.15) is 40.1 Å². The van der Waals surface area contributed by atoms with Crippen LogP contribution in [0.25, 0.3) is 0 Å². The maximum absolute atomic E-state index is 12.0. The van der Waals surface area contributed by atoms with Gasteiger partial charge in [0.05, 0.1) is 0 Å². The lowest BCUT2D eigenvalue weighted by Crippen LogP contribution is -2.18. The van der Waals surface area contributed by atoms with E-state index in [1.54, 1.807) is 31.3 Å². The van der Waals surface area contributed by atoms with Gasteiger partial charge in [0.25, 0.3) is 11.8 Å². The van der Waals surface area contributed by atoms with Crippen LogP contribution in [0.2, 0.25) is 0 Å². The molecule has 0 fully saturated rings. The second kappa shape index (κ2) is 6.65. The Morgan fingerprint density at radius 2 is 2.10 bits per heavy atom. The Morgan fingerprint density at radius 1 is 1.29 bits per heavy atom. The molecule has 0 bridgehead atoms. The summed E-state index contributed by atoms with van der Waals surface area (Å²) >= 11 is 0. The van der Waals surface area contributed by atoms with Gasteiger partial charge in [0.2, 0.25) is 5.82 Å². The Bertz CT molecular complexity index is 650. The number of rotatable bonds is 5. The molecule has 0 aliphatic rings. The predicted octanol–water partition coefficient (Wildman–Crippen LogP) is 1.37. The number of nitrogens with one attached hydrogen (secondary N) is 3. The van der Waals surface area contributed by atoms with Crippen LogP contribution in [0, 0.1) is 0 Å². The Balaban J connectivity index is 2.09. The monoisotopic (exact) mass is 287 g/mol. The first-order valence-electron chi connectivity index (χ1n) is 6.68. The molecular formula is C14H17N5O2. The lowest BCUT2D eigenvalue weighted by atomic mass is 10.2. The van der Waals surface area contributed by atoms with E-state index in [2.05, 4.69) is 25.8 Å². The van der Waals surface area contributed by atoms with Gasteiger partial charge in [-0.3, -0.25) is 14.7 Å². The Kier molecular flexibility index (Phi) is 4.65. The molecule has 0 aliphatic carbocycles. The number of nitrogens with zero attached hydrogens (tertiary/aromatic N) is 2. The van der Waals surface area contributed by atoms with Crippen molar-refractivity contribution in [3.8, 4) is 0 Å². The van der Waals surface area contributed by atoms with Crippen LogP contribution in [0.4, 0.5) is 5.69 Å². The van der Waals surface area contributed by atoms with E-state index in [9.17, 15) is 9.59 Å². The highest BCUT2D eigenvalue weighted by molar-refractivity contribution is 6.02. The van der Waals surface area contributed by atoms with Crippen molar-refractivity contribution in [3.05, 3.63) is 41.5 Å². The number of carbonyl (C=O) groups is 2. The van der Waals surface area contributed by atoms with Gasteiger partial charge in [0.15, 0.2) is 0 Å². The molecule has 3 N–H and O–H groups in total. The molecule has 7 heteroatoms. The SMILES string of the molecule is CCCc1nc(C(=O)Nc2cccc(C(=O)NC)c2)n[nH]1. The second-order valence-electron chi connectivity index (χ2n) is 4.47. The van der Waals surface area contributed by atoms with Crippen molar-refractivity contribution in [2.24, 2.45) is 0 Å². The maximum Gasteiger partial charge on any atom is 0.295 e. The molecule has 2 amide bonds. The number of hydrogen-bond donors (Lipinski definition) is 3. The van der Waals surface area contributed by atoms with Crippen LogP contribution >= 0.6 is 0 Å². The van der Waals surface area contributed by atoms with Gasteiger partial charge >= 0.3 is 0 Å². The van der Waals surface area contributed by atoms with Crippen LogP contribution in [-0.2, 0) is 6.42 Å². The van der Waals surface area contributed by atoms with Gasteiger partial charge in [-0.15, -0.1) is 5.10 Å². The van der Waals surface area contributed by atoms with Gasteiger partial charge in [-0.25, -0.2) is 4.98 Å². The normalized spacial score (nSPS) is 10.2. The number of H-pyrrole nitrogens is 1.